The molecule has 0 atom stereocenters. The number of anilines is 2. The van der Waals surface area contributed by atoms with Crippen molar-refractivity contribution in [1.29, 1.82) is 0 Å². The molecule has 1 aromatic rings. The normalized spacial score (nSPS) is 18.5. The molecule has 0 aromatic heterocycles. The largest absolute Gasteiger partial charge is 0.339 e. The van der Waals surface area contributed by atoms with Gasteiger partial charge in [-0.05, 0) is 18.2 Å². The predicted molar refractivity (Wildman–Crippen MR) is 92.6 cm³/mol. The molecule has 4 rings (SSSR count). The van der Waals surface area contributed by atoms with E-state index < -0.39 is 18.8 Å². The van der Waals surface area contributed by atoms with Crippen molar-refractivity contribution >= 4 is 35.0 Å². The molecule has 0 aliphatic carbocycles. The second-order valence-corrected chi connectivity index (χ2v) is 6.40. The number of thioether (sulfide) groups is 1. The Bertz CT molecular complexity index is 796. The molecule has 0 saturated carbocycles. The molecule has 3 aliphatic rings. The van der Waals surface area contributed by atoms with Crippen LogP contribution in [0.4, 0.5) is 24.5 Å². The van der Waals surface area contributed by atoms with E-state index in [0.29, 0.717) is 24.7 Å². The summed E-state index contributed by atoms with van der Waals surface area (Å²) in [6.07, 6.45) is 1.01. The molecule has 132 valence electrons. The molecule has 1 aromatic carbocycles. The molecular weight excluding hydrogens is 353 g/mol. The molecule has 0 fully saturated rings. The molecule has 0 saturated heterocycles. The van der Waals surface area contributed by atoms with E-state index in [4.69, 9.17) is 0 Å². The smallest absolute Gasteiger partial charge is 0.262 e. The number of halogens is 3. The van der Waals surface area contributed by atoms with Gasteiger partial charge in [-0.2, -0.15) is 4.39 Å². The van der Waals surface area contributed by atoms with Crippen molar-refractivity contribution in [2.75, 3.05) is 36.9 Å². The van der Waals surface area contributed by atoms with Crippen LogP contribution in [0.3, 0.4) is 0 Å². The van der Waals surface area contributed by atoms with Crippen LogP contribution >= 0.6 is 11.8 Å². The molecular formula is C16H15F3N4OS. The Morgan fingerprint density at radius 1 is 1.36 bits per heavy atom. The molecule has 3 aliphatic heterocycles. The maximum Gasteiger partial charge on any atom is 0.262 e. The number of nitrogens with zero attached hydrogens (tertiary/aromatic N) is 4. The van der Waals surface area contributed by atoms with E-state index in [1.807, 2.05) is 30.1 Å². The van der Waals surface area contributed by atoms with Gasteiger partial charge in [0.15, 0.2) is 0 Å². The third kappa shape index (κ3) is 2.99. The van der Waals surface area contributed by atoms with Gasteiger partial charge in [0.2, 0.25) is 18.8 Å². The van der Waals surface area contributed by atoms with Crippen LogP contribution in [0.5, 0.6) is 0 Å². The van der Waals surface area contributed by atoms with Crippen LogP contribution in [0.25, 0.3) is 0 Å². The third-order valence-corrected chi connectivity index (χ3v) is 4.98. The second kappa shape index (κ2) is 6.83. The van der Waals surface area contributed by atoms with Crippen LogP contribution in [0.15, 0.2) is 51.7 Å². The SMILES string of the molecule is C=C1Sc2ccc(N3C(=O)C=C(F)N4CCN=C43)cc2N1C.FCF. The summed E-state index contributed by atoms with van der Waals surface area (Å²) in [5.41, 5.74) is 1.67. The van der Waals surface area contributed by atoms with Crippen LogP contribution < -0.4 is 9.80 Å². The molecule has 0 radical (unpaired) electrons. The monoisotopic (exact) mass is 368 g/mol. The fraction of sp³-hybridized carbons (Fsp3) is 0.250. The van der Waals surface area contributed by atoms with Gasteiger partial charge < -0.3 is 4.90 Å². The van der Waals surface area contributed by atoms with Gasteiger partial charge in [-0.25, -0.2) is 13.7 Å². The summed E-state index contributed by atoms with van der Waals surface area (Å²) >= 11 is 1.59. The minimum Gasteiger partial charge on any atom is -0.339 e. The number of benzene rings is 1. The summed E-state index contributed by atoms with van der Waals surface area (Å²) in [5, 5.41) is 0.933. The fourth-order valence-corrected chi connectivity index (χ4v) is 3.66. The second-order valence-electron chi connectivity index (χ2n) is 5.28. The van der Waals surface area contributed by atoms with E-state index >= 15 is 0 Å². The first-order valence-electron chi connectivity index (χ1n) is 7.37. The highest BCUT2D eigenvalue weighted by atomic mass is 32.2. The van der Waals surface area contributed by atoms with Gasteiger partial charge in [0, 0.05) is 18.5 Å². The standard InChI is InChI=1S/C15H13FN4OS.CH2F2/c1-9-18(2)11-7-10(3-4-12(11)22-9)20-14(21)8-13(16)19-6-5-17-15(19)20;2-1-3/h3-4,7-8H,1,5-6H2,2H3;1H2. The molecule has 0 N–H and O–H groups in total. The zero-order chi connectivity index (χ0) is 18.1. The number of guanidine groups is 1. The summed E-state index contributed by atoms with van der Waals surface area (Å²) in [5.74, 6) is -0.599. The van der Waals surface area contributed by atoms with E-state index in [1.54, 1.807) is 11.8 Å². The Kier molecular flexibility index (Phi) is 4.76. The molecule has 3 heterocycles. The van der Waals surface area contributed by atoms with E-state index in [2.05, 4.69) is 11.6 Å². The summed E-state index contributed by atoms with van der Waals surface area (Å²) in [6, 6.07) is 5.71. The number of fused-ring (bicyclic) bond motifs is 2. The lowest BCUT2D eigenvalue weighted by Gasteiger charge is -2.31. The summed E-state index contributed by atoms with van der Waals surface area (Å²) < 4.78 is 33.1. The highest BCUT2D eigenvalue weighted by molar-refractivity contribution is 8.03. The van der Waals surface area contributed by atoms with Crippen molar-refractivity contribution in [3.8, 4) is 0 Å². The lowest BCUT2D eigenvalue weighted by Crippen LogP contribution is -2.47. The molecule has 5 nitrogen and oxygen atoms in total. The van der Waals surface area contributed by atoms with Gasteiger partial charge in [-0.15, -0.1) is 0 Å². The van der Waals surface area contributed by atoms with Crippen molar-refractivity contribution in [3.63, 3.8) is 0 Å². The van der Waals surface area contributed by atoms with Crippen LogP contribution in [0.1, 0.15) is 0 Å². The van der Waals surface area contributed by atoms with Gasteiger partial charge in [0.25, 0.3) is 5.91 Å². The maximum absolute atomic E-state index is 13.8. The number of carbonyl (C=O) groups is 1. The van der Waals surface area contributed by atoms with E-state index in [9.17, 15) is 18.0 Å². The average molecular weight is 368 g/mol. The topological polar surface area (TPSA) is 39.2 Å². The maximum atomic E-state index is 13.8. The van der Waals surface area contributed by atoms with Crippen LogP contribution in [-0.2, 0) is 4.79 Å². The van der Waals surface area contributed by atoms with Crippen LogP contribution in [0, 0.1) is 0 Å². The van der Waals surface area contributed by atoms with Gasteiger partial charge in [-0.3, -0.25) is 14.7 Å². The molecule has 1 amide bonds. The molecule has 0 spiro atoms. The Hall–Kier alpha value is -2.42. The first kappa shape index (κ1) is 17.4. The number of hydrogen-bond donors (Lipinski definition) is 0. The summed E-state index contributed by atoms with van der Waals surface area (Å²) in [6.45, 7) is 3.18. The first-order chi connectivity index (χ1) is 12.0. The summed E-state index contributed by atoms with van der Waals surface area (Å²) in [7, 11) is 1.93. The molecule has 9 heteroatoms. The van der Waals surface area contributed by atoms with E-state index in [1.165, 1.54) is 9.80 Å². The number of carbonyl (C=O) groups excluding carboxylic acids is 1. The minimum atomic E-state index is -1.75. The van der Waals surface area contributed by atoms with Gasteiger partial charge in [0.1, 0.15) is 0 Å². The van der Waals surface area contributed by atoms with Crippen molar-refractivity contribution in [2.45, 2.75) is 4.90 Å². The highest BCUT2D eigenvalue weighted by Gasteiger charge is 2.36. The van der Waals surface area contributed by atoms with E-state index in [-0.39, 0.29) is 0 Å². The molecule has 0 bridgehead atoms. The van der Waals surface area contributed by atoms with Gasteiger partial charge >= 0.3 is 0 Å². The van der Waals surface area contributed by atoms with Crippen molar-refractivity contribution in [2.24, 2.45) is 4.99 Å². The van der Waals surface area contributed by atoms with E-state index in [0.717, 1.165) is 21.7 Å². The Balaban J connectivity index is 0.000000569. The number of amides is 1. The zero-order valence-corrected chi connectivity index (χ0v) is 14.2. The Labute approximate surface area is 147 Å². The summed E-state index contributed by atoms with van der Waals surface area (Å²) in [4.78, 5) is 22.5. The van der Waals surface area contributed by atoms with Gasteiger partial charge in [-0.1, -0.05) is 18.3 Å². The first-order valence-corrected chi connectivity index (χ1v) is 8.19. The van der Waals surface area contributed by atoms with Crippen LogP contribution in [-0.4, -0.2) is 43.8 Å². The lowest BCUT2D eigenvalue weighted by atomic mass is 10.2. The predicted octanol–water partition coefficient (Wildman–Crippen LogP) is 3.41. The number of rotatable bonds is 1. The zero-order valence-electron chi connectivity index (χ0n) is 13.4. The quantitative estimate of drug-likeness (QED) is 0.712. The number of aliphatic imine (C=N–C) groups is 1. The molecule has 25 heavy (non-hydrogen) atoms. The molecule has 0 unspecified atom stereocenters. The third-order valence-electron chi connectivity index (χ3n) is 3.90. The number of hydrogen-bond acceptors (Lipinski definition) is 5. The lowest BCUT2D eigenvalue weighted by molar-refractivity contribution is -0.113. The minimum absolute atomic E-state index is 0.358. The average Bonchev–Trinajstić information content (AvgIpc) is 3.15. The van der Waals surface area contributed by atoms with Gasteiger partial charge in [0.05, 0.1) is 29.0 Å². The fourth-order valence-electron chi connectivity index (χ4n) is 2.74. The van der Waals surface area contributed by atoms with Crippen LogP contribution in [0.2, 0.25) is 0 Å². The van der Waals surface area contributed by atoms with Crippen molar-refractivity contribution in [1.82, 2.24) is 4.90 Å². The highest BCUT2D eigenvalue weighted by Crippen LogP contribution is 2.46. The van der Waals surface area contributed by atoms with Crippen molar-refractivity contribution < 1.29 is 18.0 Å². The Morgan fingerprint density at radius 2 is 2.08 bits per heavy atom. The Morgan fingerprint density at radius 3 is 2.80 bits per heavy atom. The number of alkyl halides is 2. The van der Waals surface area contributed by atoms with Crippen molar-refractivity contribution in [3.05, 3.63) is 41.8 Å².